The highest BCUT2D eigenvalue weighted by Crippen LogP contribution is 2.45. The van der Waals surface area contributed by atoms with Crippen molar-refractivity contribution in [2.75, 3.05) is 0 Å². The van der Waals surface area contributed by atoms with Gasteiger partial charge in [-0.05, 0) is 116 Å². The Kier molecular flexibility index (Phi) is 10.7. The van der Waals surface area contributed by atoms with Crippen molar-refractivity contribution in [1.29, 1.82) is 21.0 Å². The molecule has 0 spiro atoms. The van der Waals surface area contributed by atoms with Gasteiger partial charge in [0.25, 0.3) is 0 Å². The van der Waals surface area contributed by atoms with Crippen molar-refractivity contribution >= 4 is 55.0 Å². The number of aromatic nitrogens is 2. The first-order valence-electron chi connectivity index (χ1n) is 23.6. The van der Waals surface area contributed by atoms with Gasteiger partial charge >= 0.3 is 0 Å². The summed E-state index contributed by atoms with van der Waals surface area (Å²) in [6, 6.07) is 75.9. The highest BCUT2D eigenvalue weighted by molar-refractivity contribution is 6.14. The third kappa shape index (κ3) is 7.10. The van der Waals surface area contributed by atoms with Crippen molar-refractivity contribution in [3.05, 3.63) is 251 Å². The summed E-state index contributed by atoms with van der Waals surface area (Å²) >= 11 is 0. The summed E-state index contributed by atoms with van der Waals surface area (Å²) in [7, 11) is 0. The second-order valence-electron chi connectivity index (χ2n) is 17.9. The average molecular weight is 939 g/mol. The summed E-state index contributed by atoms with van der Waals surface area (Å²) in [6.45, 7) is 16.1. The molecule has 0 aliphatic carbocycles. The first-order valence-corrected chi connectivity index (χ1v) is 23.6. The van der Waals surface area contributed by atoms with Gasteiger partial charge in [0.05, 0.1) is 81.5 Å². The summed E-state index contributed by atoms with van der Waals surface area (Å²) in [4.78, 5) is 7.75. The fourth-order valence-corrected chi connectivity index (χ4v) is 10.5. The highest BCUT2D eigenvalue weighted by atomic mass is 15.0. The number of hydrogen-bond donors (Lipinski definition) is 0. The van der Waals surface area contributed by atoms with Crippen LogP contribution >= 0.6 is 0 Å². The summed E-state index contributed by atoms with van der Waals surface area (Å²) in [6.07, 6.45) is 0. The molecule has 74 heavy (non-hydrogen) atoms. The molecule has 0 aliphatic rings. The Hall–Kier alpha value is -11.3. The quantitative estimate of drug-likeness (QED) is 0.148. The van der Waals surface area contributed by atoms with E-state index in [1.807, 2.05) is 140 Å². The first kappa shape index (κ1) is 44.0. The van der Waals surface area contributed by atoms with Gasteiger partial charge in [-0.15, -0.1) is 0 Å². The van der Waals surface area contributed by atoms with Crippen LogP contribution in [0.25, 0.3) is 120 Å². The Bertz CT molecular complexity index is 4150. The molecule has 12 aromatic rings. The predicted molar refractivity (Wildman–Crippen MR) is 294 cm³/mol. The second kappa shape index (κ2) is 17.9. The monoisotopic (exact) mass is 938 g/mol. The van der Waals surface area contributed by atoms with E-state index in [0.717, 1.165) is 99.2 Å². The van der Waals surface area contributed by atoms with E-state index in [-0.39, 0.29) is 0 Å². The smallest absolute Gasteiger partial charge is 0.194 e. The first-order chi connectivity index (χ1) is 36.4. The summed E-state index contributed by atoms with van der Waals surface area (Å²) < 4.78 is 4.24. The minimum atomic E-state index is 0.340. The number of fused-ring (bicyclic) bond motifs is 6. The molecule has 0 fully saturated rings. The lowest BCUT2D eigenvalue weighted by Crippen LogP contribution is -2.05. The lowest BCUT2D eigenvalue weighted by Gasteiger charge is -2.19. The molecule has 0 radical (unpaired) electrons. The Balaban J connectivity index is 1.26. The fourth-order valence-electron chi connectivity index (χ4n) is 10.5. The van der Waals surface area contributed by atoms with E-state index in [1.54, 1.807) is 18.2 Å². The Morgan fingerprint density at radius 1 is 0.324 bits per heavy atom. The molecule has 0 saturated heterocycles. The van der Waals surface area contributed by atoms with E-state index in [1.165, 1.54) is 0 Å². The van der Waals surface area contributed by atoms with E-state index in [0.29, 0.717) is 45.0 Å². The lowest BCUT2D eigenvalue weighted by molar-refractivity contribution is 1.12. The van der Waals surface area contributed by atoms with Crippen LogP contribution in [-0.4, -0.2) is 9.13 Å². The predicted octanol–water partition coefficient (Wildman–Crippen LogP) is 16.8. The molecule has 338 valence electrons. The minimum Gasteiger partial charge on any atom is -0.308 e. The molecule has 0 atom stereocenters. The number of para-hydroxylation sites is 2. The summed E-state index contributed by atoms with van der Waals surface area (Å²) in [5, 5.41) is 46.4. The van der Waals surface area contributed by atoms with E-state index in [2.05, 4.69) is 91.6 Å². The van der Waals surface area contributed by atoms with Crippen molar-refractivity contribution in [3.8, 4) is 91.3 Å². The number of nitrogens with zero attached hydrogens (tertiary/aromatic N) is 8. The van der Waals surface area contributed by atoms with Crippen molar-refractivity contribution in [1.82, 2.24) is 9.13 Å². The molecule has 0 N–H and O–H groups in total. The minimum absolute atomic E-state index is 0.340. The van der Waals surface area contributed by atoms with Gasteiger partial charge in [0.1, 0.15) is 11.6 Å². The largest absolute Gasteiger partial charge is 0.308 e. The second-order valence-corrected chi connectivity index (χ2v) is 17.9. The molecule has 2 aromatic heterocycles. The third-order valence-electron chi connectivity index (χ3n) is 13.9. The van der Waals surface area contributed by atoms with Gasteiger partial charge in [0.2, 0.25) is 0 Å². The topological polar surface area (TPSA) is 114 Å². The maximum atomic E-state index is 12.0. The van der Waals surface area contributed by atoms with Gasteiger partial charge in [0.15, 0.2) is 11.4 Å². The van der Waals surface area contributed by atoms with Crippen LogP contribution in [-0.2, 0) is 0 Å². The van der Waals surface area contributed by atoms with Crippen molar-refractivity contribution in [2.45, 2.75) is 0 Å². The number of benzene rings is 10. The normalized spacial score (nSPS) is 10.9. The Morgan fingerprint density at radius 2 is 0.716 bits per heavy atom. The summed E-state index contributed by atoms with van der Waals surface area (Å²) in [5.41, 5.74) is 14.9. The number of hydrogen-bond acceptors (Lipinski definition) is 4. The molecule has 0 unspecified atom stereocenters. The average Bonchev–Trinajstić information content (AvgIpc) is 3.98. The zero-order chi connectivity index (χ0) is 50.5. The molecule has 10 aromatic carbocycles. The maximum Gasteiger partial charge on any atom is 0.194 e. The standard InChI is InChI=1S/C66H34N8/c1-71-59-20-9-7-18-52(59)45-24-28-56-54-26-22-43(50-16-5-3-13-47(50)38-68)31-61(54)73(63(56)33-45)65-35-49(42-15-11-12-41(30-42)37-67)36-66(58(65)40-70)74-62-32-44(51-17-6-4-14-48(51)39-69)23-27-55(62)57-29-25-46(34-64(57)74)53-19-8-10-21-60(53)72-2/h3-36H. The third-order valence-corrected chi connectivity index (χ3v) is 13.9. The van der Waals surface area contributed by atoms with Gasteiger partial charge < -0.3 is 9.13 Å². The molecular formula is C66H34N8. The van der Waals surface area contributed by atoms with E-state index in [9.17, 15) is 21.0 Å². The Morgan fingerprint density at radius 3 is 1.11 bits per heavy atom. The maximum absolute atomic E-state index is 12.0. The van der Waals surface area contributed by atoms with Crippen LogP contribution in [0, 0.1) is 58.5 Å². The SMILES string of the molecule is [C-]#[N+]c1ccccc1-c1ccc2c3ccc(-c4ccccc4C#N)cc3n(-c3cc(-c4cccc(C#N)c4)cc(-n4c5cc(-c6ccccc6C#N)ccc5c5ccc(-c6ccccc6[N+]#[C-])cc54)c3C#N)c2c1. The molecular weight excluding hydrogens is 905 g/mol. The van der Waals surface area contributed by atoms with Crippen LogP contribution in [0.3, 0.4) is 0 Å². The molecule has 8 heteroatoms. The molecule has 0 amide bonds. The van der Waals surface area contributed by atoms with Gasteiger partial charge in [-0.3, -0.25) is 0 Å². The fraction of sp³-hybridized carbons (Fsp3) is 0. The van der Waals surface area contributed by atoms with Crippen LogP contribution < -0.4 is 0 Å². The number of nitriles is 4. The van der Waals surface area contributed by atoms with Crippen molar-refractivity contribution in [3.63, 3.8) is 0 Å². The van der Waals surface area contributed by atoms with Gasteiger partial charge in [-0.1, -0.05) is 146 Å². The molecule has 0 saturated carbocycles. The van der Waals surface area contributed by atoms with E-state index < -0.39 is 0 Å². The molecule has 2 heterocycles. The lowest BCUT2D eigenvalue weighted by atomic mass is 9.98. The number of rotatable bonds is 7. The highest BCUT2D eigenvalue weighted by Gasteiger charge is 2.25. The molecule has 12 rings (SSSR count). The summed E-state index contributed by atoms with van der Waals surface area (Å²) in [5.74, 6) is 0. The Labute approximate surface area is 425 Å². The van der Waals surface area contributed by atoms with Gasteiger partial charge in [0, 0.05) is 21.5 Å². The van der Waals surface area contributed by atoms with Crippen LogP contribution in [0.4, 0.5) is 11.4 Å². The van der Waals surface area contributed by atoms with Gasteiger partial charge in [-0.25, -0.2) is 9.69 Å². The van der Waals surface area contributed by atoms with Crippen LogP contribution in [0.15, 0.2) is 206 Å². The van der Waals surface area contributed by atoms with E-state index >= 15 is 0 Å². The van der Waals surface area contributed by atoms with Crippen LogP contribution in [0.5, 0.6) is 0 Å². The van der Waals surface area contributed by atoms with Crippen LogP contribution in [0.1, 0.15) is 22.3 Å². The van der Waals surface area contributed by atoms with Crippen molar-refractivity contribution in [2.24, 2.45) is 0 Å². The zero-order valence-corrected chi connectivity index (χ0v) is 39.2. The molecule has 0 bridgehead atoms. The zero-order valence-electron chi connectivity index (χ0n) is 39.2. The van der Waals surface area contributed by atoms with Gasteiger partial charge in [-0.2, -0.15) is 21.0 Å². The van der Waals surface area contributed by atoms with E-state index in [4.69, 9.17) is 13.1 Å². The molecule has 8 nitrogen and oxygen atoms in total. The molecule has 0 aliphatic heterocycles. The van der Waals surface area contributed by atoms with Crippen LogP contribution in [0.2, 0.25) is 0 Å². The van der Waals surface area contributed by atoms with Crippen molar-refractivity contribution < 1.29 is 0 Å².